The molecule has 0 atom stereocenters. The highest BCUT2D eigenvalue weighted by Gasteiger charge is 2.21. The first-order valence-corrected chi connectivity index (χ1v) is 11.3. The lowest BCUT2D eigenvalue weighted by molar-refractivity contribution is -0.116. The zero-order valence-electron chi connectivity index (χ0n) is 16.3. The van der Waals surface area contributed by atoms with Gasteiger partial charge in [-0.15, -0.1) is 11.8 Å². The molecule has 3 rings (SSSR count). The molecule has 0 saturated carbocycles. The predicted molar refractivity (Wildman–Crippen MR) is 122 cm³/mol. The van der Waals surface area contributed by atoms with Crippen LogP contribution < -0.4 is 4.90 Å². The molecule has 28 heavy (non-hydrogen) atoms. The lowest BCUT2D eigenvalue weighted by atomic mass is 10.2. The molecule has 1 amide bonds. The number of halogens is 1. The van der Waals surface area contributed by atoms with E-state index in [0.29, 0.717) is 17.3 Å². The number of aryl methyl sites for hydroxylation is 1. The van der Waals surface area contributed by atoms with Gasteiger partial charge in [0.25, 0.3) is 0 Å². The maximum Gasteiger partial charge on any atom is 0.239 e. The van der Waals surface area contributed by atoms with E-state index in [1.54, 1.807) is 11.8 Å². The van der Waals surface area contributed by atoms with Gasteiger partial charge in [0.05, 0.1) is 21.0 Å². The first-order chi connectivity index (χ1) is 13.5. The van der Waals surface area contributed by atoms with Gasteiger partial charge < -0.3 is 4.90 Å². The van der Waals surface area contributed by atoms with Crippen molar-refractivity contribution in [3.8, 4) is 0 Å². The van der Waals surface area contributed by atoms with E-state index in [4.69, 9.17) is 16.6 Å². The fourth-order valence-corrected chi connectivity index (χ4v) is 4.97. The number of thioether (sulfide) groups is 1. The van der Waals surface area contributed by atoms with Gasteiger partial charge in [0.2, 0.25) is 5.91 Å². The maximum atomic E-state index is 13.1. The van der Waals surface area contributed by atoms with E-state index < -0.39 is 0 Å². The van der Waals surface area contributed by atoms with Gasteiger partial charge in [0, 0.05) is 11.4 Å². The molecule has 1 heterocycles. The summed E-state index contributed by atoms with van der Waals surface area (Å²) in [6, 6.07) is 13.9. The van der Waals surface area contributed by atoms with Crippen molar-refractivity contribution in [3.05, 3.63) is 53.1 Å². The Balaban J connectivity index is 1.82. The fraction of sp³-hybridized carbons (Fsp3) is 0.333. The summed E-state index contributed by atoms with van der Waals surface area (Å²) in [7, 11) is 4.08. The third kappa shape index (κ3) is 5.26. The third-order valence-corrected chi connectivity index (χ3v) is 6.85. The molecule has 2 aromatic carbocycles. The normalized spacial score (nSPS) is 11.3. The summed E-state index contributed by atoms with van der Waals surface area (Å²) < 4.78 is 0.942. The van der Waals surface area contributed by atoms with Crippen molar-refractivity contribution in [3.63, 3.8) is 0 Å². The summed E-state index contributed by atoms with van der Waals surface area (Å²) in [6.45, 7) is 3.58. The number of aromatic nitrogens is 1. The molecule has 0 bridgehead atoms. The van der Waals surface area contributed by atoms with E-state index in [2.05, 4.69) is 4.90 Å². The summed E-state index contributed by atoms with van der Waals surface area (Å²) >= 11 is 9.42. The summed E-state index contributed by atoms with van der Waals surface area (Å²) in [6.07, 6.45) is 0.886. The number of nitrogens with zero attached hydrogens (tertiary/aromatic N) is 3. The van der Waals surface area contributed by atoms with Crippen molar-refractivity contribution in [2.75, 3.05) is 37.8 Å². The Morgan fingerprint density at radius 2 is 1.89 bits per heavy atom. The number of rotatable bonds is 8. The molecule has 0 fully saturated rings. The number of hydrogen-bond donors (Lipinski definition) is 0. The van der Waals surface area contributed by atoms with Crippen molar-refractivity contribution < 1.29 is 4.79 Å². The van der Waals surface area contributed by atoms with Gasteiger partial charge >= 0.3 is 0 Å². The highest BCUT2D eigenvalue weighted by molar-refractivity contribution is 8.00. The van der Waals surface area contributed by atoms with Crippen LogP contribution in [-0.2, 0) is 4.79 Å². The molecular formula is C21H24ClN3OS2. The zero-order valence-corrected chi connectivity index (χ0v) is 18.7. The summed E-state index contributed by atoms with van der Waals surface area (Å²) in [5, 5.41) is 1.41. The molecule has 7 heteroatoms. The molecule has 0 aliphatic heterocycles. The van der Waals surface area contributed by atoms with Crippen molar-refractivity contribution in [2.24, 2.45) is 0 Å². The van der Waals surface area contributed by atoms with Crippen molar-refractivity contribution >= 4 is 56.0 Å². The minimum Gasteiger partial charge on any atom is -0.309 e. The molecular weight excluding hydrogens is 410 g/mol. The average molecular weight is 434 g/mol. The van der Waals surface area contributed by atoms with Crippen LogP contribution in [0.1, 0.15) is 12.0 Å². The van der Waals surface area contributed by atoms with E-state index in [-0.39, 0.29) is 5.91 Å². The van der Waals surface area contributed by atoms with Gasteiger partial charge in [0.1, 0.15) is 0 Å². The Labute approximate surface area is 179 Å². The molecule has 0 spiro atoms. The van der Waals surface area contributed by atoms with E-state index in [1.165, 1.54) is 11.3 Å². The van der Waals surface area contributed by atoms with Crippen LogP contribution in [-0.4, -0.2) is 48.7 Å². The van der Waals surface area contributed by atoms with Crippen LogP contribution in [0.3, 0.4) is 0 Å². The smallest absolute Gasteiger partial charge is 0.239 e. The summed E-state index contributed by atoms with van der Waals surface area (Å²) in [4.78, 5) is 22.9. The van der Waals surface area contributed by atoms with E-state index >= 15 is 0 Å². The van der Waals surface area contributed by atoms with Gasteiger partial charge in [-0.3, -0.25) is 9.69 Å². The predicted octanol–water partition coefficient (Wildman–Crippen LogP) is 5.34. The molecule has 0 aliphatic rings. The molecule has 0 radical (unpaired) electrons. The van der Waals surface area contributed by atoms with E-state index in [1.807, 2.05) is 68.4 Å². The van der Waals surface area contributed by atoms with E-state index in [9.17, 15) is 4.79 Å². The molecule has 0 unspecified atom stereocenters. The Kier molecular flexibility index (Phi) is 7.35. The Hall–Kier alpha value is -1.60. The topological polar surface area (TPSA) is 36.4 Å². The second kappa shape index (κ2) is 9.74. The average Bonchev–Trinajstić information content (AvgIpc) is 3.13. The second-order valence-corrected chi connectivity index (χ2v) is 9.28. The minimum atomic E-state index is 0.0699. The SMILES string of the molecule is Cc1ccc(Cl)c2sc(N(CCCN(C)C)C(=O)CSc3ccccc3)nc12. The quantitative estimate of drug-likeness (QED) is 0.449. The van der Waals surface area contributed by atoms with Crippen LogP contribution in [0.2, 0.25) is 5.02 Å². The molecule has 4 nitrogen and oxygen atoms in total. The number of amides is 1. The largest absolute Gasteiger partial charge is 0.309 e. The van der Waals surface area contributed by atoms with Gasteiger partial charge in [-0.1, -0.05) is 47.2 Å². The second-order valence-electron chi connectivity index (χ2n) is 6.84. The highest BCUT2D eigenvalue weighted by Crippen LogP contribution is 2.36. The Bertz CT molecular complexity index is 904. The fourth-order valence-electron chi connectivity index (χ4n) is 2.82. The molecule has 1 aromatic heterocycles. The van der Waals surface area contributed by atoms with Crippen LogP contribution in [0, 0.1) is 6.92 Å². The maximum absolute atomic E-state index is 13.1. The first kappa shape index (κ1) is 21.1. The summed E-state index contributed by atoms with van der Waals surface area (Å²) in [5.74, 6) is 0.453. The zero-order chi connectivity index (χ0) is 20.1. The third-order valence-electron chi connectivity index (χ3n) is 4.31. The Morgan fingerprint density at radius 1 is 1.14 bits per heavy atom. The van der Waals surface area contributed by atoms with Gasteiger partial charge in [-0.2, -0.15) is 0 Å². The number of benzene rings is 2. The van der Waals surface area contributed by atoms with Crippen molar-refractivity contribution in [1.29, 1.82) is 0 Å². The van der Waals surface area contributed by atoms with Crippen LogP contribution in [0.4, 0.5) is 5.13 Å². The van der Waals surface area contributed by atoms with Crippen LogP contribution in [0.5, 0.6) is 0 Å². The van der Waals surface area contributed by atoms with Crippen LogP contribution in [0.25, 0.3) is 10.2 Å². The van der Waals surface area contributed by atoms with Gasteiger partial charge in [0.15, 0.2) is 5.13 Å². The number of carbonyl (C=O) groups excluding carboxylic acids is 1. The van der Waals surface area contributed by atoms with Crippen LogP contribution in [0.15, 0.2) is 47.4 Å². The summed E-state index contributed by atoms with van der Waals surface area (Å²) in [5.41, 5.74) is 1.95. The van der Waals surface area contributed by atoms with Crippen molar-refractivity contribution in [2.45, 2.75) is 18.2 Å². The number of thiazole rings is 1. The lowest BCUT2D eigenvalue weighted by Gasteiger charge is -2.21. The number of fused-ring (bicyclic) bond motifs is 1. The van der Waals surface area contributed by atoms with Crippen LogP contribution >= 0.6 is 34.7 Å². The number of hydrogen-bond acceptors (Lipinski definition) is 5. The first-order valence-electron chi connectivity index (χ1n) is 9.14. The lowest BCUT2D eigenvalue weighted by Crippen LogP contribution is -2.34. The molecule has 0 saturated heterocycles. The molecule has 3 aromatic rings. The van der Waals surface area contributed by atoms with Gasteiger partial charge in [-0.25, -0.2) is 4.98 Å². The molecule has 0 N–H and O–H groups in total. The van der Waals surface area contributed by atoms with Gasteiger partial charge in [-0.05, 0) is 57.7 Å². The monoisotopic (exact) mass is 433 g/mol. The van der Waals surface area contributed by atoms with Crippen molar-refractivity contribution in [1.82, 2.24) is 9.88 Å². The standard InChI is InChI=1S/C21H24ClN3OS2/c1-15-10-11-17(22)20-19(15)23-21(28-20)25(13-7-12-24(2)3)18(26)14-27-16-8-5-4-6-9-16/h4-6,8-11H,7,12-14H2,1-3H3. The Morgan fingerprint density at radius 3 is 2.57 bits per heavy atom. The molecule has 0 aliphatic carbocycles. The number of anilines is 1. The molecule has 148 valence electrons. The highest BCUT2D eigenvalue weighted by atomic mass is 35.5. The van der Waals surface area contributed by atoms with E-state index in [0.717, 1.165) is 38.8 Å². The number of carbonyl (C=O) groups is 1. The minimum absolute atomic E-state index is 0.0699.